The molecule has 1 heterocycles. The topological polar surface area (TPSA) is 77.2 Å². The van der Waals surface area contributed by atoms with Crippen LogP contribution in [0.15, 0.2) is 0 Å². The summed E-state index contributed by atoms with van der Waals surface area (Å²) in [6, 6.07) is 0.231. The highest BCUT2D eigenvalue weighted by molar-refractivity contribution is 7.15. The van der Waals surface area contributed by atoms with E-state index in [0.29, 0.717) is 11.7 Å². The summed E-state index contributed by atoms with van der Waals surface area (Å²) in [4.78, 5) is 17.1. The van der Waals surface area contributed by atoms with Crippen molar-refractivity contribution in [3.05, 3.63) is 10.6 Å². The molecule has 1 aliphatic rings. The Balaban J connectivity index is 1.96. The van der Waals surface area contributed by atoms with Crippen LogP contribution >= 0.6 is 11.3 Å². The Labute approximate surface area is 104 Å². The summed E-state index contributed by atoms with van der Waals surface area (Å²) in [6.45, 7) is 2.48. The number of nitrogens with zero attached hydrogens (tertiary/aromatic N) is 1. The third-order valence-electron chi connectivity index (χ3n) is 2.66. The maximum Gasteiger partial charge on any atom is 0.252 e. The minimum Gasteiger partial charge on any atom is -0.372 e. The van der Waals surface area contributed by atoms with Crippen LogP contribution in [0.5, 0.6) is 0 Å². The second-order valence-electron chi connectivity index (χ2n) is 4.08. The SMILES string of the molecule is CCOCC(=O)Nc1nc2c(s1)C[C@@H](N)CC2. The molecule has 17 heavy (non-hydrogen) atoms. The third kappa shape index (κ3) is 3.24. The van der Waals surface area contributed by atoms with Gasteiger partial charge in [-0.15, -0.1) is 11.3 Å². The van der Waals surface area contributed by atoms with E-state index in [4.69, 9.17) is 10.5 Å². The molecule has 6 heteroatoms. The van der Waals surface area contributed by atoms with Crippen molar-refractivity contribution in [1.82, 2.24) is 4.98 Å². The van der Waals surface area contributed by atoms with Crippen LogP contribution in [0, 0.1) is 0 Å². The second kappa shape index (κ2) is 5.57. The molecule has 0 radical (unpaired) electrons. The van der Waals surface area contributed by atoms with Crippen molar-refractivity contribution in [2.75, 3.05) is 18.5 Å². The third-order valence-corrected chi connectivity index (χ3v) is 3.70. The lowest BCUT2D eigenvalue weighted by Gasteiger charge is -2.15. The van der Waals surface area contributed by atoms with E-state index in [2.05, 4.69) is 10.3 Å². The fourth-order valence-corrected chi connectivity index (χ4v) is 2.92. The highest BCUT2D eigenvalue weighted by Gasteiger charge is 2.20. The van der Waals surface area contributed by atoms with Crippen LogP contribution in [0.2, 0.25) is 0 Å². The van der Waals surface area contributed by atoms with Gasteiger partial charge in [-0.1, -0.05) is 0 Å². The van der Waals surface area contributed by atoms with Crippen LogP contribution in [0.25, 0.3) is 0 Å². The smallest absolute Gasteiger partial charge is 0.252 e. The molecule has 1 aromatic heterocycles. The van der Waals surface area contributed by atoms with Crippen LogP contribution in [-0.4, -0.2) is 30.1 Å². The quantitative estimate of drug-likeness (QED) is 0.839. The van der Waals surface area contributed by atoms with Gasteiger partial charge in [-0.3, -0.25) is 10.1 Å². The number of aryl methyl sites for hydroxylation is 1. The Kier molecular flexibility index (Phi) is 4.09. The first kappa shape index (κ1) is 12.5. The first-order valence-corrected chi connectivity index (χ1v) is 6.62. The van der Waals surface area contributed by atoms with Crippen molar-refractivity contribution in [2.45, 2.75) is 32.2 Å². The molecular formula is C11H17N3O2S. The van der Waals surface area contributed by atoms with Gasteiger partial charge in [0, 0.05) is 17.5 Å². The molecule has 1 atom stereocenters. The fourth-order valence-electron chi connectivity index (χ4n) is 1.80. The van der Waals surface area contributed by atoms with Gasteiger partial charge >= 0.3 is 0 Å². The van der Waals surface area contributed by atoms with Gasteiger partial charge in [-0.25, -0.2) is 4.98 Å². The van der Waals surface area contributed by atoms with E-state index in [0.717, 1.165) is 25.0 Å². The minimum atomic E-state index is -0.151. The van der Waals surface area contributed by atoms with Gasteiger partial charge in [0.05, 0.1) is 5.69 Å². The molecule has 0 unspecified atom stereocenters. The molecule has 0 saturated carbocycles. The average molecular weight is 255 g/mol. The first-order valence-electron chi connectivity index (χ1n) is 5.80. The molecule has 0 aromatic carbocycles. The highest BCUT2D eigenvalue weighted by atomic mass is 32.1. The van der Waals surface area contributed by atoms with E-state index in [1.165, 1.54) is 16.2 Å². The lowest BCUT2D eigenvalue weighted by Crippen LogP contribution is -2.27. The van der Waals surface area contributed by atoms with E-state index >= 15 is 0 Å². The minimum absolute atomic E-state index is 0.0836. The Morgan fingerprint density at radius 2 is 2.53 bits per heavy atom. The summed E-state index contributed by atoms with van der Waals surface area (Å²) < 4.78 is 5.03. The zero-order valence-electron chi connectivity index (χ0n) is 9.86. The maximum atomic E-state index is 11.5. The predicted octanol–water partition coefficient (Wildman–Crippen LogP) is 0.934. The lowest BCUT2D eigenvalue weighted by molar-refractivity contribution is -0.120. The van der Waals surface area contributed by atoms with Crippen molar-refractivity contribution in [3.8, 4) is 0 Å². The zero-order valence-corrected chi connectivity index (χ0v) is 10.7. The Morgan fingerprint density at radius 1 is 1.71 bits per heavy atom. The average Bonchev–Trinajstić information content (AvgIpc) is 2.67. The summed E-state index contributed by atoms with van der Waals surface area (Å²) in [5, 5.41) is 3.41. The van der Waals surface area contributed by atoms with Gasteiger partial charge in [-0.2, -0.15) is 0 Å². The monoisotopic (exact) mass is 255 g/mol. The molecule has 0 saturated heterocycles. The molecule has 2 rings (SSSR count). The van der Waals surface area contributed by atoms with Crippen molar-refractivity contribution >= 4 is 22.4 Å². The summed E-state index contributed by atoms with van der Waals surface area (Å²) in [7, 11) is 0. The number of amides is 1. The second-order valence-corrected chi connectivity index (χ2v) is 5.16. The summed E-state index contributed by atoms with van der Waals surface area (Å²) in [6.07, 6.45) is 2.76. The summed E-state index contributed by atoms with van der Waals surface area (Å²) in [5.74, 6) is -0.151. The molecule has 94 valence electrons. The number of rotatable bonds is 4. The number of anilines is 1. The number of nitrogens with one attached hydrogen (secondary N) is 1. The van der Waals surface area contributed by atoms with Gasteiger partial charge in [0.15, 0.2) is 5.13 Å². The van der Waals surface area contributed by atoms with E-state index in [1.807, 2.05) is 6.92 Å². The van der Waals surface area contributed by atoms with Crippen molar-refractivity contribution in [1.29, 1.82) is 0 Å². The van der Waals surface area contributed by atoms with Crippen LogP contribution in [0.3, 0.4) is 0 Å². The Morgan fingerprint density at radius 3 is 3.29 bits per heavy atom. The van der Waals surface area contributed by atoms with Crippen LogP contribution in [0.1, 0.15) is 23.9 Å². The van der Waals surface area contributed by atoms with Crippen molar-refractivity contribution in [2.24, 2.45) is 5.73 Å². The predicted molar refractivity (Wildman–Crippen MR) is 67.2 cm³/mol. The fraction of sp³-hybridized carbons (Fsp3) is 0.636. The van der Waals surface area contributed by atoms with Gasteiger partial charge in [0.1, 0.15) is 6.61 Å². The number of carbonyl (C=O) groups is 1. The van der Waals surface area contributed by atoms with Gasteiger partial charge in [0.25, 0.3) is 5.91 Å². The molecule has 1 amide bonds. The van der Waals surface area contributed by atoms with Crippen LogP contribution < -0.4 is 11.1 Å². The number of fused-ring (bicyclic) bond motifs is 1. The molecule has 1 aromatic rings. The van der Waals surface area contributed by atoms with E-state index in [-0.39, 0.29) is 18.6 Å². The number of hydrogen-bond donors (Lipinski definition) is 2. The number of aromatic nitrogens is 1. The Bertz CT molecular complexity index is 405. The number of ether oxygens (including phenoxy) is 1. The molecule has 0 bridgehead atoms. The largest absolute Gasteiger partial charge is 0.372 e. The number of hydrogen-bond acceptors (Lipinski definition) is 5. The maximum absolute atomic E-state index is 11.5. The van der Waals surface area contributed by atoms with Gasteiger partial charge < -0.3 is 10.5 Å². The molecular weight excluding hydrogens is 238 g/mol. The van der Waals surface area contributed by atoms with E-state index in [1.54, 1.807) is 0 Å². The van der Waals surface area contributed by atoms with Crippen LogP contribution in [0.4, 0.5) is 5.13 Å². The number of nitrogens with two attached hydrogens (primary N) is 1. The van der Waals surface area contributed by atoms with Crippen molar-refractivity contribution < 1.29 is 9.53 Å². The summed E-state index contributed by atoms with van der Waals surface area (Å²) >= 11 is 1.52. The standard InChI is InChI=1S/C11H17N3O2S/c1-2-16-6-10(15)14-11-13-8-4-3-7(12)5-9(8)17-11/h7H,2-6,12H2,1H3,(H,13,14,15)/t7-/m0/s1. The molecule has 3 N–H and O–H groups in total. The van der Waals surface area contributed by atoms with E-state index < -0.39 is 0 Å². The molecule has 0 fully saturated rings. The molecule has 5 nitrogen and oxygen atoms in total. The Hall–Kier alpha value is -0.980. The number of carbonyl (C=O) groups excluding carboxylic acids is 1. The first-order chi connectivity index (χ1) is 8.19. The number of thiazole rings is 1. The van der Waals surface area contributed by atoms with Gasteiger partial charge in [0.2, 0.25) is 0 Å². The normalized spacial score (nSPS) is 18.8. The zero-order chi connectivity index (χ0) is 12.3. The van der Waals surface area contributed by atoms with E-state index in [9.17, 15) is 4.79 Å². The van der Waals surface area contributed by atoms with Crippen molar-refractivity contribution in [3.63, 3.8) is 0 Å². The molecule has 1 aliphatic carbocycles. The molecule has 0 aliphatic heterocycles. The van der Waals surface area contributed by atoms with Crippen LogP contribution in [-0.2, 0) is 22.4 Å². The van der Waals surface area contributed by atoms with Gasteiger partial charge in [-0.05, 0) is 26.2 Å². The summed E-state index contributed by atoms with van der Waals surface area (Å²) in [5.41, 5.74) is 6.98. The molecule has 0 spiro atoms. The lowest BCUT2D eigenvalue weighted by atomic mass is 9.99. The highest BCUT2D eigenvalue weighted by Crippen LogP contribution is 2.29.